The molecule has 5 aromatic rings. The molecule has 35 heavy (non-hydrogen) atoms. The van der Waals surface area contributed by atoms with E-state index in [1.54, 1.807) is 47.7 Å². The summed E-state index contributed by atoms with van der Waals surface area (Å²) in [5.41, 5.74) is 1.70. The van der Waals surface area contributed by atoms with Crippen molar-refractivity contribution in [3.05, 3.63) is 98.8 Å². The number of thioether (sulfide) groups is 1. The van der Waals surface area contributed by atoms with E-state index >= 15 is 0 Å². The number of fused-ring (bicyclic) bond motifs is 3. The lowest BCUT2D eigenvalue weighted by molar-refractivity contribution is -0.384. The molecule has 0 spiro atoms. The highest BCUT2D eigenvalue weighted by molar-refractivity contribution is 7.99. The normalized spacial score (nSPS) is 11.1. The van der Waals surface area contributed by atoms with Crippen molar-refractivity contribution < 1.29 is 9.72 Å². The molecule has 0 fully saturated rings. The Morgan fingerprint density at radius 3 is 2.57 bits per heavy atom. The lowest BCUT2D eigenvalue weighted by Crippen LogP contribution is -2.22. The van der Waals surface area contributed by atoms with Crippen LogP contribution in [0.1, 0.15) is 5.56 Å². The Balaban J connectivity index is 1.51. The maximum absolute atomic E-state index is 13.3. The van der Waals surface area contributed by atoms with Crippen molar-refractivity contribution in [2.75, 3.05) is 11.1 Å². The Morgan fingerprint density at radius 1 is 1.06 bits per heavy atom. The third kappa shape index (κ3) is 4.13. The fourth-order valence-corrected chi connectivity index (χ4v) is 4.54. The van der Waals surface area contributed by atoms with Crippen LogP contribution in [0, 0.1) is 17.0 Å². The van der Waals surface area contributed by atoms with Gasteiger partial charge in [-0.05, 0) is 42.8 Å². The van der Waals surface area contributed by atoms with Gasteiger partial charge in [-0.1, -0.05) is 48.2 Å². The van der Waals surface area contributed by atoms with Crippen LogP contribution in [0.4, 0.5) is 11.4 Å². The van der Waals surface area contributed by atoms with Gasteiger partial charge >= 0.3 is 0 Å². The first-order valence-electron chi connectivity index (χ1n) is 10.6. The molecule has 2 aromatic heterocycles. The quantitative estimate of drug-likeness (QED) is 0.219. The molecule has 0 radical (unpaired) electrons. The second-order valence-corrected chi connectivity index (χ2v) is 8.67. The molecule has 174 valence electrons. The van der Waals surface area contributed by atoms with Crippen molar-refractivity contribution in [1.29, 1.82) is 0 Å². The van der Waals surface area contributed by atoms with E-state index in [1.807, 2.05) is 24.3 Å². The second-order valence-electron chi connectivity index (χ2n) is 7.73. The third-order valence-corrected chi connectivity index (χ3v) is 6.29. The van der Waals surface area contributed by atoms with Crippen LogP contribution >= 0.6 is 11.8 Å². The van der Waals surface area contributed by atoms with Gasteiger partial charge in [0.05, 0.1) is 27.3 Å². The van der Waals surface area contributed by atoms with Gasteiger partial charge in [0.1, 0.15) is 5.69 Å². The van der Waals surface area contributed by atoms with Crippen molar-refractivity contribution in [3.8, 4) is 5.69 Å². The Labute approximate surface area is 202 Å². The SMILES string of the molecule is Cc1ccc(NC(=O)CSc2nnc3n(-c4ccccc4)c(=O)c4ccccc4n23)c([N+](=O)[O-])c1. The second kappa shape index (κ2) is 9.03. The number of hydrogen-bond donors (Lipinski definition) is 1. The molecule has 0 bridgehead atoms. The summed E-state index contributed by atoms with van der Waals surface area (Å²) < 4.78 is 3.21. The van der Waals surface area contributed by atoms with Crippen LogP contribution in [0.5, 0.6) is 0 Å². The fraction of sp³-hybridized carbons (Fsp3) is 0.0833. The zero-order valence-electron chi connectivity index (χ0n) is 18.4. The monoisotopic (exact) mass is 486 g/mol. The van der Waals surface area contributed by atoms with Gasteiger partial charge in [0.15, 0.2) is 5.16 Å². The number of benzene rings is 3. The largest absolute Gasteiger partial charge is 0.320 e. The first-order chi connectivity index (χ1) is 16.9. The Bertz CT molecular complexity index is 1660. The lowest BCUT2D eigenvalue weighted by atomic mass is 10.2. The standard InChI is InChI=1S/C24H18N6O4S/c1-15-11-12-18(20(13-15)30(33)34)25-21(31)14-35-24-27-26-23-28(16-7-3-2-4-8-16)22(32)17-9-5-6-10-19(17)29(23)24/h2-13H,14H2,1H3,(H,25,31). The average Bonchev–Trinajstić information content (AvgIpc) is 3.28. The zero-order chi connectivity index (χ0) is 24.5. The average molecular weight is 487 g/mol. The summed E-state index contributed by atoms with van der Waals surface area (Å²) in [7, 11) is 0. The topological polar surface area (TPSA) is 124 Å². The Morgan fingerprint density at radius 2 is 1.80 bits per heavy atom. The van der Waals surface area contributed by atoms with Crippen LogP contribution < -0.4 is 10.9 Å². The lowest BCUT2D eigenvalue weighted by Gasteiger charge is -2.11. The smallest absolute Gasteiger partial charge is 0.293 e. The van der Waals surface area contributed by atoms with Crippen LogP contribution in [0.15, 0.2) is 82.7 Å². The van der Waals surface area contributed by atoms with Gasteiger partial charge in [-0.25, -0.2) is 4.57 Å². The maximum atomic E-state index is 13.3. The van der Waals surface area contributed by atoms with Crippen molar-refractivity contribution in [3.63, 3.8) is 0 Å². The molecule has 10 nitrogen and oxygen atoms in total. The molecule has 0 atom stereocenters. The maximum Gasteiger partial charge on any atom is 0.293 e. The van der Waals surface area contributed by atoms with E-state index < -0.39 is 10.8 Å². The van der Waals surface area contributed by atoms with E-state index in [1.165, 1.54) is 16.7 Å². The Hall–Kier alpha value is -4.51. The molecular formula is C24H18N6O4S. The summed E-state index contributed by atoms with van der Waals surface area (Å²) in [5, 5.41) is 23.3. The number of nitro groups is 1. The molecule has 1 N–H and O–H groups in total. The highest BCUT2D eigenvalue weighted by Crippen LogP contribution is 2.27. The number of hydrogen-bond acceptors (Lipinski definition) is 7. The van der Waals surface area contributed by atoms with Crippen molar-refractivity contribution in [1.82, 2.24) is 19.2 Å². The highest BCUT2D eigenvalue weighted by atomic mass is 32.2. The fourth-order valence-electron chi connectivity index (χ4n) is 3.80. The first kappa shape index (κ1) is 22.3. The predicted octanol–water partition coefficient (Wildman–Crippen LogP) is 3.98. The highest BCUT2D eigenvalue weighted by Gasteiger charge is 2.20. The number of rotatable bonds is 6. The molecular weight excluding hydrogens is 468 g/mol. The summed E-state index contributed by atoms with van der Waals surface area (Å²) in [6.07, 6.45) is 0. The minimum Gasteiger partial charge on any atom is -0.320 e. The minimum absolute atomic E-state index is 0.0649. The molecule has 0 aliphatic heterocycles. The number of nitrogens with zero attached hydrogens (tertiary/aromatic N) is 5. The minimum atomic E-state index is -0.531. The molecule has 0 aliphatic carbocycles. The molecule has 0 unspecified atom stereocenters. The number of aryl methyl sites for hydroxylation is 1. The van der Waals surface area contributed by atoms with Crippen LogP contribution in [-0.2, 0) is 4.79 Å². The zero-order valence-corrected chi connectivity index (χ0v) is 19.2. The number of para-hydroxylation sites is 2. The summed E-state index contributed by atoms with van der Waals surface area (Å²) in [6.45, 7) is 1.74. The number of nitrogens with one attached hydrogen (secondary N) is 1. The number of nitro benzene ring substituents is 1. The summed E-state index contributed by atoms with van der Waals surface area (Å²) >= 11 is 1.12. The van der Waals surface area contributed by atoms with Gasteiger partial charge in [0.25, 0.3) is 11.2 Å². The summed E-state index contributed by atoms with van der Waals surface area (Å²) in [4.78, 5) is 36.7. The van der Waals surface area contributed by atoms with E-state index in [0.29, 0.717) is 27.5 Å². The molecule has 0 aliphatic rings. The van der Waals surface area contributed by atoms with Crippen LogP contribution in [0.25, 0.3) is 22.4 Å². The van der Waals surface area contributed by atoms with E-state index in [-0.39, 0.29) is 22.7 Å². The predicted molar refractivity (Wildman–Crippen MR) is 133 cm³/mol. The van der Waals surface area contributed by atoms with Crippen LogP contribution in [0.2, 0.25) is 0 Å². The van der Waals surface area contributed by atoms with Crippen LogP contribution in [-0.4, -0.2) is 35.7 Å². The molecule has 11 heteroatoms. The van der Waals surface area contributed by atoms with E-state index in [2.05, 4.69) is 15.5 Å². The molecule has 1 amide bonds. The van der Waals surface area contributed by atoms with Crippen molar-refractivity contribution in [2.24, 2.45) is 0 Å². The van der Waals surface area contributed by atoms with Gasteiger partial charge in [-0.15, -0.1) is 10.2 Å². The number of carbonyl (C=O) groups excluding carboxylic acids is 1. The molecule has 5 rings (SSSR count). The van der Waals surface area contributed by atoms with Crippen molar-refractivity contribution in [2.45, 2.75) is 12.1 Å². The number of amides is 1. The number of anilines is 1. The van der Waals surface area contributed by atoms with Gasteiger partial charge in [0, 0.05) is 6.07 Å². The molecule has 2 heterocycles. The van der Waals surface area contributed by atoms with Crippen molar-refractivity contribution >= 4 is 45.7 Å². The number of carbonyl (C=O) groups is 1. The molecule has 0 saturated carbocycles. The Kier molecular flexibility index (Phi) is 5.75. The summed E-state index contributed by atoms with van der Waals surface area (Å²) in [5.74, 6) is -0.179. The first-order valence-corrected chi connectivity index (χ1v) is 11.5. The third-order valence-electron chi connectivity index (χ3n) is 5.37. The van der Waals surface area contributed by atoms with Gasteiger partial charge in [-0.2, -0.15) is 0 Å². The summed E-state index contributed by atoms with van der Waals surface area (Å²) in [6, 6.07) is 20.8. The van der Waals surface area contributed by atoms with Gasteiger partial charge in [0.2, 0.25) is 11.7 Å². The van der Waals surface area contributed by atoms with E-state index in [0.717, 1.165) is 17.3 Å². The molecule has 3 aromatic carbocycles. The van der Waals surface area contributed by atoms with E-state index in [9.17, 15) is 19.7 Å². The van der Waals surface area contributed by atoms with E-state index in [4.69, 9.17) is 0 Å². The molecule has 0 saturated heterocycles. The van der Waals surface area contributed by atoms with Gasteiger partial charge < -0.3 is 5.32 Å². The van der Waals surface area contributed by atoms with Crippen LogP contribution in [0.3, 0.4) is 0 Å². The number of aromatic nitrogens is 4. The van der Waals surface area contributed by atoms with Gasteiger partial charge in [-0.3, -0.25) is 24.1 Å².